The molecule has 1 aromatic carbocycles. The molecule has 0 radical (unpaired) electrons. The van der Waals surface area contributed by atoms with Crippen LogP contribution in [0.4, 0.5) is 0 Å². The maximum atomic E-state index is 13.7. The Morgan fingerprint density at radius 1 is 0.971 bits per heavy atom. The smallest absolute Gasteiger partial charge is 0.323 e. The summed E-state index contributed by atoms with van der Waals surface area (Å²) in [6, 6.07) is 3.84. The second-order valence-corrected chi connectivity index (χ2v) is 13.0. The molecule has 6 nitrogen and oxygen atoms in total. The number of Topliss-reactive ketones (excluding diaryl/α,β-unsaturated/α-hetero) is 2. The van der Waals surface area contributed by atoms with Crippen LogP contribution >= 0.6 is 31.9 Å². The first-order valence-corrected chi connectivity index (χ1v) is 13.5. The Balaban J connectivity index is 2.01. The van der Waals surface area contributed by atoms with Crippen LogP contribution in [0.15, 0.2) is 43.6 Å². The zero-order valence-electron chi connectivity index (χ0n) is 20.8. The summed E-state index contributed by atoms with van der Waals surface area (Å²) in [4.78, 5) is 41.1. The van der Waals surface area contributed by atoms with Crippen molar-refractivity contribution in [1.29, 1.82) is 0 Å². The van der Waals surface area contributed by atoms with Gasteiger partial charge in [0.2, 0.25) is 0 Å². The Kier molecular flexibility index (Phi) is 6.86. The number of carbonyl (C=O) groups excluding carboxylic acids is 2. The predicted octanol–water partition coefficient (Wildman–Crippen LogP) is 6.38. The minimum absolute atomic E-state index is 0.0260. The fourth-order valence-electron chi connectivity index (χ4n) is 5.74. The number of carboxylic acids is 1. The summed E-state index contributed by atoms with van der Waals surface area (Å²) < 4.78 is 7.22. The minimum atomic E-state index is -0.986. The van der Waals surface area contributed by atoms with Crippen LogP contribution in [-0.4, -0.2) is 40.7 Å². The molecule has 0 bridgehead atoms. The summed E-state index contributed by atoms with van der Waals surface area (Å²) in [7, 11) is 0. The van der Waals surface area contributed by atoms with Crippen molar-refractivity contribution >= 4 is 49.4 Å². The molecule has 0 saturated heterocycles. The van der Waals surface area contributed by atoms with Crippen LogP contribution < -0.4 is 4.74 Å². The van der Waals surface area contributed by atoms with Gasteiger partial charge in [0.1, 0.15) is 12.3 Å². The Morgan fingerprint density at radius 2 is 1.43 bits per heavy atom. The molecule has 0 unspecified atom stereocenters. The van der Waals surface area contributed by atoms with E-state index in [9.17, 15) is 19.5 Å². The average Bonchev–Trinajstić information content (AvgIpc) is 2.69. The van der Waals surface area contributed by atoms with Gasteiger partial charge >= 0.3 is 5.97 Å². The maximum Gasteiger partial charge on any atom is 0.323 e. The third kappa shape index (κ3) is 4.88. The van der Waals surface area contributed by atoms with E-state index in [1.165, 1.54) is 0 Å². The zero-order chi connectivity index (χ0) is 25.9. The summed E-state index contributed by atoms with van der Waals surface area (Å²) in [6.07, 6.45) is 1.85. The number of hydrogen-bond donors (Lipinski definition) is 1. The zero-order valence-corrected chi connectivity index (χ0v) is 23.9. The van der Waals surface area contributed by atoms with Crippen molar-refractivity contribution < 1.29 is 24.2 Å². The van der Waals surface area contributed by atoms with Crippen molar-refractivity contribution in [3.05, 3.63) is 49.2 Å². The molecule has 1 aromatic rings. The highest BCUT2D eigenvalue weighted by molar-refractivity contribution is 9.11. The van der Waals surface area contributed by atoms with Gasteiger partial charge in [0.05, 0.1) is 15.6 Å². The van der Waals surface area contributed by atoms with Gasteiger partial charge in [-0.3, -0.25) is 14.4 Å². The summed E-state index contributed by atoms with van der Waals surface area (Å²) in [6.45, 7) is 10.3. The molecule has 0 amide bonds. The van der Waals surface area contributed by atoms with Crippen LogP contribution in [0.5, 0.6) is 5.75 Å². The number of ketones is 2. The van der Waals surface area contributed by atoms with Gasteiger partial charge in [0, 0.05) is 41.3 Å². The van der Waals surface area contributed by atoms with Gasteiger partial charge in [-0.05, 0) is 80.2 Å². The molecule has 8 heteroatoms. The normalized spacial score (nSPS) is 21.7. The summed E-state index contributed by atoms with van der Waals surface area (Å²) in [5, 5.41) is 9.79. The lowest BCUT2D eigenvalue weighted by Gasteiger charge is -2.48. The topological polar surface area (TPSA) is 83.9 Å². The molecule has 0 saturated carbocycles. The molecule has 0 aromatic heterocycles. The largest absolute Gasteiger partial charge is 0.492 e. The van der Waals surface area contributed by atoms with Crippen molar-refractivity contribution in [1.82, 2.24) is 4.90 Å². The van der Waals surface area contributed by atoms with Crippen molar-refractivity contribution in [2.75, 3.05) is 13.2 Å². The first-order chi connectivity index (χ1) is 16.2. The number of carboxylic acid groups (broad SMARTS) is 1. The van der Waals surface area contributed by atoms with Crippen LogP contribution in [0, 0.1) is 10.8 Å². The fourth-order valence-corrected chi connectivity index (χ4v) is 7.19. The molecule has 1 aliphatic heterocycles. The molecule has 1 heterocycles. The van der Waals surface area contributed by atoms with Gasteiger partial charge in [0.25, 0.3) is 0 Å². The van der Waals surface area contributed by atoms with E-state index >= 15 is 0 Å². The molecular formula is C27H31Br2NO5. The molecule has 3 aliphatic rings. The second kappa shape index (κ2) is 9.18. The van der Waals surface area contributed by atoms with E-state index in [0.29, 0.717) is 49.2 Å². The number of allylic oxidation sites excluding steroid dienone is 4. The van der Waals surface area contributed by atoms with Gasteiger partial charge in [-0.15, -0.1) is 0 Å². The number of hydrogen-bond acceptors (Lipinski definition) is 5. The number of benzene rings is 1. The Morgan fingerprint density at radius 3 is 1.83 bits per heavy atom. The summed E-state index contributed by atoms with van der Waals surface area (Å²) >= 11 is 7.22. The number of aliphatic carboxylic acids is 1. The molecule has 4 rings (SSSR count). The molecule has 0 spiro atoms. The van der Waals surface area contributed by atoms with Gasteiger partial charge in [0.15, 0.2) is 11.6 Å². The molecule has 1 N–H and O–H groups in total. The molecule has 35 heavy (non-hydrogen) atoms. The number of nitrogens with zero attached hydrogens (tertiary/aromatic N) is 1. The quantitative estimate of drug-likeness (QED) is 0.417. The SMILES string of the molecule is CCOc1c(Br)cc(C2C3=C(CC(C)(C)CC3=O)N(CC(=O)O)C3=C2C(=O)CC(C)(C)C3)cc1Br. The Labute approximate surface area is 223 Å². The lowest BCUT2D eigenvalue weighted by Crippen LogP contribution is -2.45. The highest BCUT2D eigenvalue weighted by atomic mass is 79.9. The van der Waals surface area contributed by atoms with E-state index in [-0.39, 0.29) is 28.9 Å². The van der Waals surface area contributed by atoms with Gasteiger partial charge in [-0.25, -0.2) is 0 Å². The van der Waals surface area contributed by atoms with E-state index in [0.717, 1.165) is 25.9 Å². The van der Waals surface area contributed by atoms with E-state index in [2.05, 4.69) is 31.9 Å². The van der Waals surface area contributed by atoms with E-state index in [1.807, 2.05) is 46.8 Å². The summed E-state index contributed by atoms with van der Waals surface area (Å²) in [5.41, 5.74) is 2.80. The average molecular weight is 609 g/mol. The third-order valence-electron chi connectivity index (χ3n) is 6.96. The number of ether oxygens (including phenoxy) is 1. The maximum absolute atomic E-state index is 13.7. The van der Waals surface area contributed by atoms with Crippen molar-refractivity contribution in [2.24, 2.45) is 10.8 Å². The van der Waals surface area contributed by atoms with Crippen molar-refractivity contribution in [3.63, 3.8) is 0 Å². The first kappa shape index (κ1) is 26.1. The van der Waals surface area contributed by atoms with Crippen LogP contribution in [0.1, 0.15) is 71.8 Å². The monoisotopic (exact) mass is 607 g/mol. The number of halogens is 2. The number of rotatable bonds is 5. The summed E-state index contributed by atoms with van der Waals surface area (Å²) in [5.74, 6) is -0.917. The Hall–Kier alpha value is -1.93. The van der Waals surface area contributed by atoms with Crippen LogP contribution in [0.2, 0.25) is 0 Å². The van der Waals surface area contributed by atoms with E-state index in [1.54, 1.807) is 4.90 Å². The predicted molar refractivity (Wildman–Crippen MR) is 140 cm³/mol. The van der Waals surface area contributed by atoms with Crippen LogP contribution in [0.3, 0.4) is 0 Å². The Bertz CT molecular complexity index is 1120. The molecule has 188 valence electrons. The lowest BCUT2D eigenvalue weighted by atomic mass is 9.63. The van der Waals surface area contributed by atoms with E-state index < -0.39 is 11.9 Å². The van der Waals surface area contributed by atoms with Crippen LogP contribution in [0.25, 0.3) is 0 Å². The highest BCUT2D eigenvalue weighted by Crippen LogP contribution is 2.55. The first-order valence-electron chi connectivity index (χ1n) is 11.9. The second-order valence-electron chi connectivity index (χ2n) is 11.3. The van der Waals surface area contributed by atoms with Gasteiger partial charge < -0.3 is 14.7 Å². The molecular weight excluding hydrogens is 578 g/mol. The third-order valence-corrected chi connectivity index (χ3v) is 8.14. The molecule has 2 aliphatic carbocycles. The minimum Gasteiger partial charge on any atom is -0.492 e. The standard InChI is InChI=1S/C27H31Br2NO5/c1-6-35-25-15(28)7-14(8-16(25)29)22-23-17(9-26(2,3)11-19(23)31)30(13-21(33)34)18-10-27(4,5)12-20(32)24(18)22/h7-8,22H,6,9-13H2,1-5H3,(H,33,34). The highest BCUT2D eigenvalue weighted by Gasteiger charge is 2.49. The van der Waals surface area contributed by atoms with Gasteiger partial charge in [-0.1, -0.05) is 27.7 Å². The molecule has 0 atom stereocenters. The van der Waals surface area contributed by atoms with Crippen molar-refractivity contribution in [3.8, 4) is 5.75 Å². The van der Waals surface area contributed by atoms with Gasteiger partial charge in [-0.2, -0.15) is 0 Å². The van der Waals surface area contributed by atoms with Crippen LogP contribution in [-0.2, 0) is 14.4 Å². The fraction of sp³-hybridized carbons (Fsp3) is 0.519. The number of carbonyl (C=O) groups is 3. The van der Waals surface area contributed by atoms with E-state index in [4.69, 9.17) is 4.74 Å². The van der Waals surface area contributed by atoms with Crippen molar-refractivity contribution in [2.45, 2.75) is 66.2 Å². The lowest BCUT2D eigenvalue weighted by molar-refractivity contribution is -0.138. The molecule has 0 fully saturated rings.